The fourth-order valence-electron chi connectivity index (χ4n) is 1.20. The summed E-state index contributed by atoms with van der Waals surface area (Å²) in [5.74, 6) is -1.27. The van der Waals surface area contributed by atoms with Crippen LogP contribution in [0.3, 0.4) is 0 Å². The molecule has 0 aliphatic carbocycles. The summed E-state index contributed by atoms with van der Waals surface area (Å²) in [6, 6.07) is 3.42. The fourth-order valence-corrected chi connectivity index (χ4v) is 1.81. The molecule has 0 atom stereocenters. The number of hydrogen-bond acceptors (Lipinski definition) is 3. The monoisotopic (exact) mass is 266 g/mol. The van der Waals surface area contributed by atoms with Gasteiger partial charge in [0.05, 0.1) is 0 Å². The first kappa shape index (κ1) is 13.7. The normalized spacial score (nSPS) is 11.5. The molecule has 3 nitrogen and oxygen atoms in total. The van der Waals surface area contributed by atoms with Gasteiger partial charge in [-0.15, -0.1) is 0 Å². The molecule has 0 aliphatic heterocycles. The van der Waals surface area contributed by atoms with Gasteiger partial charge in [-0.05, 0) is 41.9 Å². The zero-order valence-corrected chi connectivity index (χ0v) is 9.31. The van der Waals surface area contributed by atoms with Crippen molar-refractivity contribution >= 4 is 17.7 Å². The van der Waals surface area contributed by atoms with Crippen LogP contribution in [0.15, 0.2) is 23.1 Å². The van der Waals surface area contributed by atoms with Crippen LogP contribution in [0.25, 0.3) is 0 Å². The standard InChI is InChI=1S/C10H9F3O3S/c11-10(12,13)17-7-2-3-8(14)6(5-7)1-4-9(15)16/h2-3,5,14H,1,4H2,(H,15,16). The zero-order valence-electron chi connectivity index (χ0n) is 8.49. The summed E-state index contributed by atoms with van der Waals surface area (Å²) in [4.78, 5) is 10.3. The van der Waals surface area contributed by atoms with E-state index < -0.39 is 11.5 Å². The molecular formula is C10H9F3O3S. The number of rotatable bonds is 4. The zero-order chi connectivity index (χ0) is 13.1. The first-order valence-corrected chi connectivity index (χ1v) is 5.39. The van der Waals surface area contributed by atoms with E-state index >= 15 is 0 Å². The Morgan fingerprint density at radius 2 is 2.00 bits per heavy atom. The number of aryl methyl sites for hydroxylation is 1. The topological polar surface area (TPSA) is 57.5 Å². The number of carbonyl (C=O) groups is 1. The number of phenolic OH excluding ortho intramolecular Hbond substituents is 1. The molecule has 0 spiro atoms. The molecule has 0 heterocycles. The first-order chi connectivity index (χ1) is 7.78. The second-order valence-corrected chi connectivity index (χ2v) is 4.37. The van der Waals surface area contributed by atoms with Gasteiger partial charge in [0.1, 0.15) is 5.75 Å². The number of thioether (sulfide) groups is 1. The summed E-state index contributed by atoms with van der Waals surface area (Å²) in [6.45, 7) is 0. The molecule has 0 amide bonds. The van der Waals surface area contributed by atoms with Crippen LogP contribution >= 0.6 is 11.8 Å². The summed E-state index contributed by atoms with van der Waals surface area (Å²) in [5, 5.41) is 17.8. The van der Waals surface area contributed by atoms with Gasteiger partial charge in [0, 0.05) is 11.3 Å². The number of carboxylic acid groups (broad SMARTS) is 1. The number of aromatic hydroxyl groups is 1. The molecular weight excluding hydrogens is 257 g/mol. The fraction of sp³-hybridized carbons (Fsp3) is 0.300. The Hall–Kier alpha value is -1.37. The number of halogens is 3. The van der Waals surface area contributed by atoms with Gasteiger partial charge in [0.2, 0.25) is 0 Å². The molecule has 0 bridgehead atoms. The molecule has 0 fully saturated rings. The van der Waals surface area contributed by atoms with Crippen LogP contribution in [0.5, 0.6) is 5.75 Å². The Labute approximate surface area is 99.3 Å². The highest BCUT2D eigenvalue weighted by atomic mass is 32.2. The highest BCUT2D eigenvalue weighted by Crippen LogP contribution is 2.38. The molecule has 0 saturated carbocycles. The SMILES string of the molecule is O=C(O)CCc1cc(SC(F)(F)F)ccc1O. The van der Waals surface area contributed by atoms with Crippen LogP contribution in [0, 0.1) is 0 Å². The van der Waals surface area contributed by atoms with Crippen molar-refractivity contribution in [2.45, 2.75) is 23.2 Å². The number of hydrogen-bond donors (Lipinski definition) is 2. The molecule has 2 N–H and O–H groups in total. The van der Waals surface area contributed by atoms with E-state index in [0.717, 1.165) is 18.2 Å². The average molecular weight is 266 g/mol. The van der Waals surface area contributed by atoms with Crippen molar-refractivity contribution < 1.29 is 28.2 Å². The molecule has 0 aliphatic rings. The molecule has 1 rings (SSSR count). The van der Waals surface area contributed by atoms with E-state index in [2.05, 4.69) is 0 Å². The quantitative estimate of drug-likeness (QED) is 0.822. The second kappa shape index (κ2) is 5.31. The lowest BCUT2D eigenvalue weighted by Crippen LogP contribution is -2.00. The van der Waals surface area contributed by atoms with Gasteiger partial charge in [-0.2, -0.15) is 13.2 Å². The van der Waals surface area contributed by atoms with E-state index in [1.807, 2.05) is 0 Å². The molecule has 0 radical (unpaired) electrons. The molecule has 1 aromatic carbocycles. The summed E-state index contributed by atoms with van der Waals surface area (Å²) in [6.07, 6.45) is -0.249. The lowest BCUT2D eigenvalue weighted by molar-refractivity contribution is -0.136. The van der Waals surface area contributed by atoms with Crippen molar-refractivity contribution in [2.75, 3.05) is 0 Å². The van der Waals surface area contributed by atoms with Crippen LogP contribution in [0.1, 0.15) is 12.0 Å². The number of benzene rings is 1. The predicted octanol–water partition coefficient (Wildman–Crippen LogP) is 3.02. The Morgan fingerprint density at radius 3 is 2.53 bits per heavy atom. The summed E-state index contributed by atoms with van der Waals surface area (Å²) >= 11 is -0.301. The van der Waals surface area contributed by atoms with E-state index in [1.54, 1.807) is 0 Å². The van der Waals surface area contributed by atoms with E-state index in [-0.39, 0.29) is 40.8 Å². The number of carboxylic acids is 1. The third kappa shape index (κ3) is 4.99. The van der Waals surface area contributed by atoms with Gasteiger partial charge in [-0.1, -0.05) is 0 Å². The van der Waals surface area contributed by atoms with Crippen molar-refractivity contribution in [2.24, 2.45) is 0 Å². The third-order valence-electron chi connectivity index (χ3n) is 1.89. The highest BCUT2D eigenvalue weighted by Gasteiger charge is 2.29. The molecule has 0 aromatic heterocycles. The van der Waals surface area contributed by atoms with Gasteiger partial charge in [-0.25, -0.2) is 0 Å². The van der Waals surface area contributed by atoms with E-state index in [9.17, 15) is 23.1 Å². The highest BCUT2D eigenvalue weighted by molar-refractivity contribution is 8.00. The minimum Gasteiger partial charge on any atom is -0.508 e. The van der Waals surface area contributed by atoms with Gasteiger partial charge in [0.25, 0.3) is 0 Å². The summed E-state index contributed by atoms with van der Waals surface area (Å²) in [5.41, 5.74) is -4.21. The minimum atomic E-state index is -4.40. The molecule has 17 heavy (non-hydrogen) atoms. The molecule has 1 aromatic rings. The molecule has 7 heteroatoms. The molecule has 94 valence electrons. The Morgan fingerprint density at radius 1 is 1.35 bits per heavy atom. The average Bonchev–Trinajstić information content (AvgIpc) is 2.16. The maximum Gasteiger partial charge on any atom is 0.446 e. The van der Waals surface area contributed by atoms with Crippen molar-refractivity contribution in [3.63, 3.8) is 0 Å². The smallest absolute Gasteiger partial charge is 0.446 e. The van der Waals surface area contributed by atoms with Crippen molar-refractivity contribution in [1.29, 1.82) is 0 Å². The molecule has 0 unspecified atom stereocenters. The van der Waals surface area contributed by atoms with Gasteiger partial charge >= 0.3 is 11.5 Å². The maximum atomic E-state index is 12.1. The second-order valence-electron chi connectivity index (χ2n) is 3.23. The van der Waals surface area contributed by atoms with Crippen LogP contribution in [0.2, 0.25) is 0 Å². The van der Waals surface area contributed by atoms with E-state index in [1.165, 1.54) is 0 Å². The largest absolute Gasteiger partial charge is 0.508 e. The van der Waals surface area contributed by atoms with E-state index in [0.29, 0.717) is 0 Å². The van der Waals surface area contributed by atoms with Crippen LogP contribution in [0.4, 0.5) is 13.2 Å². The third-order valence-corrected chi connectivity index (χ3v) is 2.61. The van der Waals surface area contributed by atoms with Gasteiger partial charge < -0.3 is 10.2 Å². The Bertz CT molecular complexity index is 418. The maximum absolute atomic E-state index is 12.1. The molecule has 0 saturated heterocycles. The number of alkyl halides is 3. The predicted molar refractivity (Wildman–Crippen MR) is 56.0 cm³/mol. The van der Waals surface area contributed by atoms with Crippen LogP contribution < -0.4 is 0 Å². The van der Waals surface area contributed by atoms with Crippen molar-refractivity contribution in [3.8, 4) is 5.75 Å². The first-order valence-electron chi connectivity index (χ1n) is 4.57. The van der Waals surface area contributed by atoms with Crippen molar-refractivity contribution in [3.05, 3.63) is 23.8 Å². The summed E-state index contributed by atoms with van der Waals surface area (Å²) in [7, 11) is 0. The van der Waals surface area contributed by atoms with Crippen LogP contribution in [-0.4, -0.2) is 21.7 Å². The number of aliphatic carboxylic acids is 1. The minimum absolute atomic E-state index is 0.00652. The van der Waals surface area contributed by atoms with Crippen LogP contribution in [-0.2, 0) is 11.2 Å². The lowest BCUT2D eigenvalue weighted by atomic mass is 10.1. The van der Waals surface area contributed by atoms with Gasteiger partial charge in [-0.3, -0.25) is 4.79 Å². The Balaban J connectivity index is 2.83. The van der Waals surface area contributed by atoms with Gasteiger partial charge in [0.15, 0.2) is 0 Å². The van der Waals surface area contributed by atoms with E-state index in [4.69, 9.17) is 5.11 Å². The Kier molecular flexibility index (Phi) is 4.28. The summed E-state index contributed by atoms with van der Waals surface area (Å²) < 4.78 is 36.3. The van der Waals surface area contributed by atoms with Crippen molar-refractivity contribution in [1.82, 2.24) is 0 Å². The lowest BCUT2D eigenvalue weighted by Gasteiger charge is -2.08. The number of phenols is 1.